The van der Waals surface area contributed by atoms with Gasteiger partial charge in [0.05, 0.1) is 17.0 Å². The first-order valence-electron chi connectivity index (χ1n) is 6.52. The highest BCUT2D eigenvalue weighted by Crippen LogP contribution is 2.38. The highest BCUT2D eigenvalue weighted by Gasteiger charge is 2.45. The van der Waals surface area contributed by atoms with Gasteiger partial charge in [0, 0.05) is 11.6 Å². The van der Waals surface area contributed by atoms with Crippen LogP contribution in [0, 0.1) is 16.7 Å². The van der Waals surface area contributed by atoms with E-state index in [4.69, 9.17) is 5.26 Å². The third-order valence-electron chi connectivity index (χ3n) is 4.03. The molecule has 5 nitrogen and oxygen atoms in total. The van der Waals surface area contributed by atoms with Crippen LogP contribution in [0.25, 0.3) is 0 Å². The highest BCUT2D eigenvalue weighted by atomic mass is 16.4. The summed E-state index contributed by atoms with van der Waals surface area (Å²) in [6, 6.07) is 7.91. The van der Waals surface area contributed by atoms with Crippen LogP contribution in [0.15, 0.2) is 24.3 Å². The van der Waals surface area contributed by atoms with E-state index in [0.717, 1.165) is 6.42 Å². The summed E-state index contributed by atoms with van der Waals surface area (Å²) in [6.07, 6.45) is 2.03. The lowest BCUT2D eigenvalue weighted by Crippen LogP contribution is -2.47. The number of amides is 1. The molecule has 0 spiro atoms. The standard InChI is InChI=1S/C15H16N2O3/c1-15(14(19)20)8-2-3-12(15)17-13(18)11-6-4-10(9-16)5-7-11/h4-7,12H,2-3,8H2,1H3,(H,17,18)(H,19,20). The van der Waals surface area contributed by atoms with Gasteiger partial charge in [-0.15, -0.1) is 0 Å². The Hall–Kier alpha value is -2.35. The van der Waals surface area contributed by atoms with Crippen LogP contribution in [-0.4, -0.2) is 23.0 Å². The average Bonchev–Trinajstić information content (AvgIpc) is 2.81. The molecule has 104 valence electrons. The van der Waals surface area contributed by atoms with Gasteiger partial charge in [0.2, 0.25) is 0 Å². The lowest BCUT2D eigenvalue weighted by Gasteiger charge is -2.27. The molecule has 2 rings (SSSR count). The first-order chi connectivity index (χ1) is 9.47. The number of carbonyl (C=O) groups is 2. The zero-order chi connectivity index (χ0) is 14.8. The Bertz CT molecular complexity index is 574. The highest BCUT2D eigenvalue weighted by molar-refractivity contribution is 5.95. The summed E-state index contributed by atoms with van der Waals surface area (Å²) in [5, 5.41) is 20.8. The Morgan fingerprint density at radius 1 is 1.40 bits per heavy atom. The van der Waals surface area contributed by atoms with Crippen LogP contribution >= 0.6 is 0 Å². The van der Waals surface area contributed by atoms with E-state index in [-0.39, 0.29) is 11.9 Å². The van der Waals surface area contributed by atoms with Crippen molar-refractivity contribution in [3.63, 3.8) is 0 Å². The van der Waals surface area contributed by atoms with Crippen LogP contribution in [0.2, 0.25) is 0 Å². The maximum Gasteiger partial charge on any atom is 0.311 e. The minimum atomic E-state index is -0.901. The summed E-state index contributed by atoms with van der Waals surface area (Å²) >= 11 is 0. The molecule has 0 heterocycles. The van der Waals surface area contributed by atoms with Crippen LogP contribution in [0.1, 0.15) is 42.1 Å². The van der Waals surface area contributed by atoms with Gasteiger partial charge in [-0.2, -0.15) is 5.26 Å². The van der Waals surface area contributed by atoms with E-state index >= 15 is 0 Å². The van der Waals surface area contributed by atoms with E-state index in [1.165, 1.54) is 0 Å². The van der Waals surface area contributed by atoms with Gasteiger partial charge in [0.1, 0.15) is 0 Å². The average molecular weight is 272 g/mol. The minimum absolute atomic E-state index is 0.297. The van der Waals surface area contributed by atoms with Crippen molar-refractivity contribution in [2.75, 3.05) is 0 Å². The van der Waals surface area contributed by atoms with Crippen molar-refractivity contribution in [3.05, 3.63) is 35.4 Å². The summed E-state index contributed by atoms with van der Waals surface area (Å²) in [6.45, 7) is 1.67. The molecule has 0 saturated heterocycles. The Labute approximate surface area is 117 Å². The molecule has 1 aromatic rings. The monoisotopic (exact) mass is 272 g/mol. The van der Waals surface area contributed by atoms with Gasteiger partial charge < -0.3 is 10.4 Å². The first kappa shape index (κ1) is 14.1. The smallest absolute Gasteiger partial charge is 0.311 e. The molecular weight excluding hydrogens is 256 g/mol. The predicted octanol–water partition coefficient (Wildman–Crippen LogP) is 1.93. The van der Waals surface area contributed by atoms with E-state index in [2.05, 4.69) is 5.32 Å². The molecule has 0 aromatic heterocycles. The molecule has 20 heavy (non-hydrogen) atoms. The molecule has 1 aliphatic carbocycles. The molecular formula is C15H16N2O3. The Morgan fingerprint density at radius 2 is 2.05 bits per heavy atom. The third kappa shape index (κ3) is 2.50. The molecule has 0 bridgehead atoms. The first-order valence-corrected chi connectivity index (χ1v) is 6.52. The number of hydrogen-bond donors (Lipinski definition) is 2. The van der Waals surface area contributed by atoms with Crippen molar-refractivity contribution in [1.82, 2.24) is 5.32 Å². The van der Waals surface area contributed by atoms with E-state index in [1.807, 2.05) is 6.07 Å². The molecule has 2 unspecified atom stereocenters. The molecule has 0 aliphatic heterocycles. The summed E-state index contributed by atoms with van der Waals surface area (Å²) in [4.78, 5) is 23.5. The fourth-order valence-electron chi connectivity index (χ4n) is 2.59. The largest absolute Gasteiger partial charge is 0.481 e. The molecule has 1 fully saturated rings. The molecule has 0 radical (unpaired) electrons. The second kappa shape index (κ2) is 5.33. The van der Waals surface area contributed by atoms with Crippen LogP contribution < -0.4 is 5.32 Å². The third-order valence-corrected chi connectivity index (χ3v) is 4.03. The maximum atomic E-state index is 12.1. The Balaban J connectivity index is 2.11. The van der Waals surface area contributed by atoms with Crippen molar-refractivity contribution in [2.24, 2.45) is 5.41 Å². The number of nitriles is 1. The van der Waals surface area contributed by atoms with Crippen molar-refractivity contribution < 1.29 is 14.7 Å². The van der Waals surface area contributed by atoms with Crippen molar-refractivity contribution >= 4 is 11.9 Å². The van der Waals surface area contributed by atoms with Crippen molar-refractivity contribution in [1.29, 1.82) is 5.26 Å². The van der Waals surface area contributed by atoms with E-state index in [1.54, 1.807) is 31.2 Å². The van der Waals surface area contributed by atoms with Gasteiger partial charge in [0.25, 0.3) is 5.91 Å². The number of aliphatic carboxylic acids is 1. The van der Waals surface area contributed by atoms with E-state index in [9.17, 15) is 14.7 Å². The fraction of sp³-hybridized carbons (Fsp3) is 0.400. The summed E-state index contributed by atoms with van der Waals surface area (Å²) in [7, 11) is 0. The number of hydrogen-bond acceptors (Lipinski definition) is 3. The molecule has 1 aromatic carbocycles. The zero-order valence-electron chi connectivity index (χ0n) is 11.2. The number of carboxylic acids is 1. The van der Waals surface area contributed by atoms with Crippen LogP contribution in [0.5, 0.6) is 0 Å². The number of benzene rings is 1. The Morgan fingerprint density at radius 3 is 2.60 bits per heavy atom. The summed E-state index contributed by atoms with van der Waals surface area (Å²) < 4.78 is 0. The van der Waals surface area contributed by atoms with Crippen LogP contribution in [0.3, 0.4) is 0 Å². The number of nitrogens with zero attached hydrogens (tertiary/aromatic N) is 1. The molecule has 5 heteroatoms. The summed E-state index contributed by atoms with van der Waals surface area (Å²) in [5.74, 6) is -1.17. The van der Waals surface area contributed by atoms with Gasteiger partial charge in [-0.1, -0.05) is 6.42 Å². The lowest BCUT2D eigenvalue weighted by atomic mass is 9.85. The van der Waals surface area contributed by atoms with Gasteiger partial charge in [-0.25, -0.2) is 0 Å². The normalized spacial score (nSPS) is 24.9. The summed E-state index contributed by atoms with van der Waals surface area (Å²) in [5.41, 5.74) is 0.0174. The van der Waals surface area contributed by atoms with Crippen molar-refractivity contribution in [2.45, 2.75) is 32.2 Å². The topological polar surface area (TPSA) is 90.2 Å². The number of rotatable bonds is 3. The fourth-order valence-corrected chi connectivity index (χ4v) is 2.59. The second-order valence-electron chi connectivity index (χ2n) is 5.33. The maximum absolute atomic E-state index is 12.1. The quantitative estimate of drug-likeness (QED) is 0.879. The second-order valence-corrected chi connectivity index (χ2v) is 5.33. The lowest BCUT2D eigenvalue weighted by molar-refractivity contribution is -0.148. The van der Waals surface area contributed by atoms with Gasteiger partial charge in [-0.05, 0) is 44.0 Å². The van der Waals surface area contributed by atoms with E-state index < -0.39 is 11.4 Å². The van der Waals surface area contributed by atoms with E-state index in [0.29, 0.717) is 24.0 Å². The number of carbonyl (C=O) groups excluding carboxylic acids is 1. The SMILES string of the molecule is CC1(C(=O)O)CCCC1NC(=O)c1ccc(C#N)cc1. The van der Waals surface area contributed by atoms with Crippen LogP contribution in [0.4, 0.5) is 0 Å². The molecule has 2 N–H and O–H groups in total. The zero-order valence-corrected chi connectivity index (χ0v) is 11.2. The molecule has 2 atom stereocenters. The minimum Gasteiger partial charge on any atom is -0.481 e. The van der Waals surface area contributed by atoms with Gasteiger partial charge in [0.15, 0.2) is 0 Å². The molecule has 1 amide bonds. The Kier molecular flexibility index (Phi) is 3.75. The predicted molar refractivity (Wildman–Crippen MR) is 72.0 cm³/mol. The van der Waals surface area contributed by atoms with Gasteiger partial charge in [-0.3, -0.25) is 9.59 Å². The van der Waals surface area contributed by atoms with Gasteiger partial charge >= 0.3 is 5.97 Å². The number of carboxylic acid groups (broad SMARTS) is 1. The molecule has 1 aliphatic rings. The molecule has 1 saturated carbocycles. The number of nitrogens with one attached hydrogen (secondary N) is 1. The van der Waals surface area contributed by atoms with Crippen LogP contribution in [-0.2, 0) is 4.79 Å². The van der Waals surface area contributed by atoms with Crippen molar-refractivity contribution in [3.8, 4) is 6.07 Å².